The summed E-state index contributed by atoms with van der Waals surface area (Å²) in [6, 6.07) is 48.9. The molecule has 0 unspecified atom stereocenters. The van der Waals surface area contributed by atoms with E-state index in [1.54, 1.807) is 0 Å². The summed E-state index contributed by atoms with van der Waals surface area (Å²) in [6.45, 7) is 11.8. The van der Waals surface area contributed by atoms with Crippen LogP contribution in [0, 0.1) is 6.92 Å². The van der Waals surface area contributed by atoms with Crippen LogP contribution < -0.4 is 4.90 Å². The lowest BCUT2D eigenvalue weighted by molar-refractivity contribution is 0.633. The van der Waals surface area contributed by atoms with Gasteiger partial charge in [0.25, 0.3) is 0 Å². The molecule has 0 bridgehead atoms. The molecule has 1 heteroatoms. The van der Waals surface area contributed by atoms with Gasteiger partial charge in [0.2, 0.25) is 0 Å². The highest BCUT2D eigenvalue weighted by Gasteiger charge is 2.37. The molecule has 7 rings (SSSR count). The second-order valence-corrected chi connectivity index (χ2v) is 12.7. The summed E-state index contributed by atoms with van der Waals surface area (Å²) in [6.07, 6.45) is 0. The number of rotatable bonds is 5. The maximum absolute atomic E-state index is 2.46. The summed E-state index contributed by atoms with van der Waals surface area (Å²) in [5.41, 5.74) is 12.9. The van der Waals surface area contributed by atoms with Gasteiger partial charge in [-0.15, -0.1) is 0 Å². The molecular weight excluding hydrogens is 506 g/mol. The van der Waals surface area contributed by atoms with E-state index in [4.69, 9.17) is 0 Å². The average Bonchev–Trinajstić information content (AvgIpc) is 3.25. The zero-order valence-electron chi connectivity index (χ0n) is 25.1. The summed E-state index contributed by atoms with van der Waals surface area (Å²) in [5.74, 6) is 0. The number of hydrogen-bond acceptors (Lipinski definition) is 1. The van der Waals surface area contributed by atoms with Crippen molar-refractivity contribution in [2.24, 2.45) is 0 Å². The molecule has 0 saturated heterocycles. The molecule has 0 saturated carbocycles. The highest BCUT2D eigenvalue weighted by Crippen LogP contribution is 2.51. The van der Waals surface area contributed by atoms with E-state index in [9.17, 15) is 0 Å². The van der Waals surface area contributed by atoms with Crippen LogP contribution in [0.25, 0.3) is 21.9 Å². The first-order valence-corrected chi connectivity index (χ1v) is 15.0. The van der Waals surface area contributed by atoms with Gasteiger partial charge >= 0.3 is 0 Å². The van der Waals surface area contributed by atoms with Gasteiger partial charge in [-0.25, -0.2) is 0 Å². The Morgan fingerprint density at radius 1 is 0.548 bits per heavy atom. The van der Waals surface area contributed by atoms with Crippen LogP contribution in [0.4, 0.5) is 17.1 Å². The first-order chi connectivity index (χ1) is 20.3. The average molecular weight is 544 g/mol. The van der Waals surface area contributed by atoms with Crippen LogP contribution in [0.1, 0.15) is 55.5 Å². The Morgan fingerprint density at radius 2 is 1.10 bits per heavy atom. The van der Waals surface area contributed by atoms with Gasteiger partial charge in [0.1, 0.15) is 0 Å². The fourth-order valence-electron chi connectivity index (χ4n) is 7.18. The molecule has 1 nitrogen and oxygen atoms in total. The van der Waals surface area contributed by atoms with Gasteiger partial charge in [-0.05, 0) is 87.7 Å². The molecule has 6 aromatic carbocycles. The van der Waals surface area contributed by atoms with E-state index in [0.717, 1.165) is 11.4 Å². The number of benzene rings is 6. The van der Waals surface area contributed by atoms with Crippen molar-refractivity contribution in [1.29, 1.82) is 0 Å². The Bertz CT molecular complexity index is 1890. The van der Waals surface area contributed by atoms with Crippen LogP contribution >= 0.6 is 0 Å². The minimum Gasteiger partial charge on any atom is -0.310 e. The van der Waals surface area contributed by atoms with Crippen LogP contribution in [0.5, 0.6) is 0 Å². The normalized spacial score (nSPS) is 13.5. The second-order valence-electron chi connectivity index (χ2n) is 12.7. The minimum atomic E-state index is -0.224. The monoisotopic (exact) mass is 543 g/mol. The van der Waals surface area contributed by atoms with Crippen LogP contribution in [0.2, 0.25) is 0 Å². The predicted octanol–water partition coefficient (Wildman–Crippen LogP) is 11.3. The maximum Gasteiger partial charge on any atom is 0.0543 e. The van der Waals surface area contributed by atoms with Crippen LogP contribution in [0.3, 0.4) is 0 Å². The van der Waals surface area contributed by atoms with Gasteiger partial charge < -0.3 is 4.90 Å². The van der Waals surface area contributed by atoms with Crippen molar-refractivity contribution in [3.63, 3.8) is 0 Å². The predicted molar refractivity (Wildman–Crippen MR) is 180 cm³/mol. The Kier molecular flexibility index (Phi) is 6.10. The van der Waals surface area contributed by atoms with Crippen molar-refractivity contribution in [2.45, 2.75) is 45.4 Å². The SMILES string of the molecule is Cc1c(C(C)(C)c2ccc3c(c2)-c2ccccc2C3(C)C)cc(N(c2ccccc2)c2ccccc2)c2ccccc12. The van der Waals surface area contributed by atoms with Crippen molar-refractivity contribution >= 4 is 27.8 Å². The molecule has 42 heavy (non-hydrogen) atoms. The Labute approximate surface area is 250 Å². The van der Waals surface area contributed by atoms with Crippen LogP contribution in [-0.4, -0.2) is 0 Å². The fourth-order valence-corrected chi connectivity index (χ4v) is 7.18. The largest absolute Gasteiger partial charge is 0.310 e. The number of para-hydroxylation sites is 2. The number of anilines is 3. The zero-order valence-corrected chi connectivity index (χ0v) is 25.1. The lowest BCUT2D eigenvalue weighted by atomic mass is 9.73. The van der Waals surface area contributed by atoms with Crippen molar-refractivity contribution < 1.29 is 0 Å². The molecule has 206 valence electrons. The van der Waals surface area contributed by atoms with E-state index in [0.29, 0.717) is 0 Å². The molecule has 6 aromatic rings. The van der Waals surface area contributed by atoms with Gasteiger partial charge in [-0.2, -0.15) is 0 Å². The minimum absolute atomic E-state index is 0.00645. The third kappa shape index (κ3) is 3.99. The summed E-state index contributed by atoms with van der Waals surface area (Å²) < 4.78 is 0. The Balaban J connectivity index is 1.46. The molecule has 0 heterocycles. The molecule has 0 aromatic heterocycles. The number of hydrogen-bond donors (Lipinski definition) is 0. The van der Waals surface area contributed by atoms with E-state index in [2.05, 4.69) is 173 Å². The smallest absolute Gasteiger partial charge is 0.0543 e. The van der Waals surface area contributed by atoms with E-state index < -0.39 is 0 Å². The standard InChI is InChI=1S/C41H37N/c1-28-32-20-12-13-22-34(32)39(42(30-16-8-6-9-17-30)31-18-10-7-11-19-31)27-38(28)40(2,3)29-24-25-37-35(26-29)33-21-14-15-23-36(33)41(37,4)5/h6-27H,1-5H3. The Morgan fingerprint density at radius 3 is 1.76 bits per heavy atom. The third-order valence-electron chi connectivity index (χ3n) is 9.54. The Hall–Kier alpha value is -4.62. The number of fused-ring (bicyclic) bond motifs is 4. The third-order valence-corrected chi connectivity index (χ3v) is 9.54. The summed E-state index contributed by atoms with van der Waals surface area (Å²) in [5, 5.41) is 2.55. The molecule has 1 aliphatic carbocycles. The van der Waals surface area contributed by atoms with Crippen LogP contribution in [0.15, 0.2) is 133 Å². The van der Waals surface area contributed by atoms with E-state index in [-0.39, 0.29) is 10.8 Å². The maximum atomic E-state index is 2.46. The molecule has 0 N–H and O–H groups in total. The molecule has 0 atom stereocenters. The van der Waals surface area contributed by atoms with E-state index in [1.165, 1.54) is 55.4 Å². The van der Waals surface area contributed by atoms with Gasteiger partial charge in [0, 0.05) is 27.6 Å². The van der Waals surface area contributed by atoms with Gasteiger partial charge in [0.05, 0.1) is 5.69 Å². The van der Waals surface area contributed by atoms with E-state index >= 15 is 0 Å². The second kappa shape index (κ2) is 9.74. The topological polar surface area (TPSA) is 3.24 Å². The summed E-state index contributed by atoms with van der Waals surface area (Å²) in [4.78, 5) is 2.41. The summed E-state index contributed by atoms with van der Waals surface area (Å²) in [7, 11) is 0. The number of nitrogens with zero attached hydrogens (tertiary/aromatic N) is 1. The molecular formula is C41H37N. The highest BCUT2D eigenvalue weighted by atomic mass is 15.1. The quantitative estimate of drug-likeness (QED) is 0.209. The highest BCUT2D eigenvalue weighted by molar-refractivity contribution is 6.01. The zero-order chi connectivity index (χ0) is 29.1. The molecule has 1 aliphatic rings. The molecule has 0 spiro atoms. The number of aryl methyl sites for hydroxylation is 1. The van der Waals surface area contributed by atoms with Gasteiger partial charge in [0.15, 0.2) is 0 Å². The van der Waals surface area contributed by atoms with Gasteiger partial charge in [-0.3, -0.25) is 0 Å². The van der Waals surface area contributed by atoms with Crippen molar-refractivity contribution in [1.82, 2.24) is 0 Å². The molecule has 0 amide bonds. The molecule has 0 aliphatic heterocycles. The van der Waals surface area contributed by atoms with Crippen LogP contribution in [-0.2, 0) is 10.8 Å². The lowest BCUT2D eigenvalue weighted by Gasteiger charge is -2.33. The van der Waals surface area contributed by atoms with E-state index in [1.807, 2.05) is 0 Å². The lowest BCUT2D eigenvalue weighted by Crippen LogP contribution is -2.22. The van der Waals surface area contributed by atoms with Crippen molar-refractivity contribution in [2.75, 3.05) is 4.90 Å². The first kappa shape index (κ1) is 26.3. The molecule has 0 radical (unpaired) electrons. The van der Waals surface area contributed by atoms with Crippen molar-refractivity contribution in [3.05, 3.63) is 161 Å². The van der Waals surface area contributed by atoms with Crippen molar-refractivity contribution in [3.8, 4) is 11.1 Å². The first-order valence-electron chi connectivity index (χ1n) is 15.0. The molecule has 0 fully saturated rings. The van der Waals surface area contributed by atoms with Gasteiger partial charge in [-0.1, -0.05) is 125 Å². The summed E-state index contributed by atoms with van der Waals surface area (Å²) >= 11 is 0. The fraction of sp³-hybridized carbons (Fsp3) is 0.171.